The Labute approximate surface area is 185 Å². The summed E-state index contributed by atoms with van der Waals surface area (Å²) in [5, 5.41) is 5.30. The second kappa shape index (κ2) is 10.2. The molecule has 0 aromatic heterocycles. The van der Waals surface area contributed by atoms with Crippen molar-refractivity contribution in [2.45, 2.75) is 24.3 Å². The van der Waals surface area contributed by atoms with Gasteiger partial charge in [-0.2, -0.15) is 4.72 Å². The highest BCUT2D eigenvalue weighted by Gasteiger charge is 2.26. The fourth-order valence-corrected chi connectivity index (χ4v) is 4.21. The predicted molar refractivity (Wildman–Crippen MR) is 120 cm³/mol. The van der Waals surface area contributed by atoms with E-state index in [1.54, 1.807) is 48.5 Å². The molecule has 0 heterocycles. The molecular weight excluding hydrogens is 433 g/mol. The van der Waals surface area contributed by atoms with Crippen LogP contribution in [0.2, 0.25) is 0 Å². The van der Waals surface area contributed by atoms with Gasteiger partial charge in [0, 0.05) is 18.3 Å². The fourth-order valence-electron chi connectivity index (χ4n) is 3.01. The molecule has 3 aromatic rings. The van der Waals surface area contributed by atoms with E-state index >= 15 is 0 Å². The van der Waals surface area contributed by atoms with Crippen LogP contribution >= 0.6 is 0 Å². The molecule has 2 amide bonds. The first-order valence-corrected chi connectivity index (χ1v) is 11.2. The number of halogens is 1. The standard InChI is InChI=1S/C23H22FN3O4S/c1-16(28)25-19-8-5-9-20(15-19)26-23(29)22(14-17-6-3-2-4-7-17)27-32(30,31)21-12-10-18(24)11-13-21/h2-13,15,22,27H,14H2,1H3,(H,25,28)(H,26,29)/t22-/m0/s1. The van der Waals surface area contributed by atoms with Gasteiger partial charge < -0.3 is 10.6 Å². The molecule has 9 heteroatoms. The number of anilines is 2. The number of hydrogen-bond acceptors (Lipinski definition) is 4. The SMILES string of the molecule is CC(=O)Nc1cccc(NC(=O)[C@H](Cc2ccccc2)NS(=O)(=O)c2ccc(F)cc2)c1. The average molecular weight is 456 g/mol. The predicted octanol–water partition coefficient (Wildman–Crippen LogP) is 3.31. The number of nitrogens with one attached hydrogen (secondary N) is 3. The van der Waals surface area contributed by atoms with Crippen LogP contribution in [0.5, 0.6) is 0 Å². The fraction of sp³-hybridized carbons (Fsp3) is 0.130. The van der Waals surface area contributed by atoms with Crippen LogP contribution in [0.4, 0.5) is 15.8 Å². The molecule has 3 rings (SSSR count). The molecule has 0 aliphatic rings. The Kier molecular flexibility index (Phi) is 7.34. The Morgan fingerprint density at radius 2 is 1.50 bits per heavy atom. The van der Waals surface area contributed by atoms with Crippen LogP contribution in [0.3, 0.4) is 0 Å². The topological polar surface area (TPSA) is 104 Å². The number of amides is 2. The zero-order chi connectivity index (χ0) is 23.1. The lowest BCUT2D eigenvalue weighted by molar-refractivity contribution is -0.117. The van der Waals surface area contributed by atoms with Crippen molar-refractivity contribution in [3.63, 3.8) is 0 Å². The van der Waals surface area contributed by atoms with E-state index in [9.17, 15) is 22.4 Å². The lowest BCUT2D eigenvalue weighted by Gasteiger charge is -2.19. The van der Waals surface area contributed by atoms with E-state index in [4.69, 9.17) is 0 Å². The maximum Gasteiger partial charge on any atom is 0.242 e. The highest BCUT2D eigenvalue weighted by atomic mass is 32.2. The van der Waals surface area contributed by atoms with Gasteiger partial charge in [-0.3, -0.25) is 9.59 Å². The zero-order valence-electron chi connectivity index (χ0n) is 17.2. The van der Waals surface area contributed by atoms with Crippen LogP contribution in [0, 0.1) is 5.82 Å². The highest BCUT2D eigenvalue weighted by molar-refractivity contribution is 7.89. The van der Waals surface area contributed by atoms with Crippen molar-refractivity contribution in [3.8, 4) is 0 Å². The van der Waals surface area contributed by atoms with E-state index < -0.39 is 27.8 Å². The quantitative estimate of drug-likeness (QED) is 0.485. The zero-order valence-corrected chi connectivity index (χ0v) is 18.0. The number of carbonyl (C=O) groups is 2. The van der Waals surface area contributed by atoms with Crippen LogP contribution in [0.1, 0.15) is 12.5 Å². The number of benzene rings is 3. The molecule has 0 radical (unpaired) electrons. The van der Waals surface area contributed by atoms with Gasteiger partial charge in [-0.25, -0.2) is 12.8 Å². The van der Waals surface area contributed by atoms with Crippen molar-refractivity contribution in [1.82, 2.24) is 4.72 Å². The van der Waals surface area contributed by atoms with E-state index in [2.05, 4.69) is 15.4 Å². The Hall–Kier alpha value is -3.56. The molecule has 0 fully saturated rings. The average Bonchev–Trinajstić information content (AvgIpc) is 2.74. The minimum absolute atomic E-state index is 0.0957. The normalized spacial score (nSPS) is 12.1. The summed E-state index contributed by atoms with van der Waals surface area (Å²) in [5.74, 6) is -1.41. The lowest BCUT2D eigenvalue weighted by Crippen LogP contribution is -2.45. The van der Waals surface area contributed by atoms with Crippen molar-refractivity contribution in [1.29, 1.82) is 0 Å². The summed E-state index contributed by atoms with van der Waals surface area (Å²) in [7, 11) is -4.09. The van der Waals surface area contributed by atoms with Crippen LogP contribution in [0.15, 0.2) is 83.8 Å². The number of carbonyl (C=O) groups excluding carboxylic acids is 2. The lowest BCUT2D eigenvalue weighted by atomic mass is 10.1. The highest BCUT2D eigenvalue weighted by Crippen LogP contribution is 2.17. The molecule has 7 nitrogen and oxygen atoms in total. The summed E-state index contributed by atoms with van der Waals surface area (Å²) in [6.45, 7) is 1.37. The maximum atomic E-state index is 13.2. The Balaban J connectivity index is 1.84. The van der Waals surface area contributed by atoms with Gasteiger partial charge in [-0.1, -0.05) is 36.4 Å². The van der Waals surface area contributed by atoms with Gasteiger partial charge >= 0.3 is 0 Å². The minimum atomic E-state index is -4.09. The van der Waals surface area contributed by atoms with E-state index in [1.807, 2.05) is 6.07 Å². The molecule has 0 spiro atoms. The van der Waals surface area contributed by atoms with Crippen LogP contribution in [0.25, 0.3) is 0 Å². The smallest absolute Gasteiger partial charge is 0.242 e. The Bertz CT molecular complexity index is 1200. The van der Waals surface area contributed by atoms with Gasteiger partial charge in [0.05, 0.1) is 4.90 Å². The summed E-state index contributed by atoms with van der Waals surface area (Å²) in [6, 6.07) is 18.6. The van der Waals surface area contributed by atoms with Crippen molar-refractivity contribution < 1.29 is 22.4 Å². The van der Waals surface area contributed by atoms with Gasteiger partial charge in [0.15, 0.2) is 0 Å². The second-order valence-electron chi connectivity index (χ2n) is 7.07. The molecule has 0 unspecified atom stereocenters. The van der Waals surface area contributed by atoms with Crippen LogP contribution < -0.4 is 15.4 Å². The van der Waals surface area contributed by atoms with Crippen LogP contribution in [-0.2, 0) is 26.0 Å². The summed E-state index contributed by atoms with van der Waals surface area (Å²) in [5.41, 5.74) is 1.63. The van der Waals surface area contributed by atoms with Crippen molar-refractivity contribution in [2.24, 2.45) is 0 Å². The van der Waals surface area contributed by atoms with Gasteiger partial charge in [-0.05, 0) is 54.4 Å². The molecule has 0 saturated heterocycles. The Morgan fingerprint density at radius 1 is 0.875 bits per heavy atom. The molecule has 32 heavy (non-hydrogen) atoms. The van der Waals surface area contributed by atoms with E-state index in [0.29, 0.717) is 11.4 Å². The largest absolute Gasteiger partial charge is 0.326 e. The maximum absolute atomic E-state index is 13.2. The van der Waals surface area contributed by atoms with Gasteiger partial charge in [0.1, 0.15) is 11.9 Å². The molecule has 1 atom stereocenters. The van der Waals surface area contributed by atoms with Gasteiger partial charge in [-0.15, -0.1) is 0 Å². The van der Waals surface area contributed by atoms with E-state index in [0.717, 1.165) is 29.8 Å². The molecule has 3 aromatic carbocycles. The first kappa shape index (κ1) is 23.1. The third-order valence-electron chi connectivity index (χ3n) is 4.47. The third kappa shape index (κ3) is 6.47. The monoisotopic (exact) mass is 455 g/mol. The second-order valence-corrected chi connectivity index (χ2v) is 8.78. The molecule has 0 saturated carbocycles. The minimum Gasteiger partial charge on any atom is -0.326 e. The third-order valence-corrected chi connectivity index (χ3v) is 5.96. The molecule has 0 aliphatic carbocycles. The molecule has 166 valence electrons. The molecular formula is C23H22FN3O4S. The van der Waals surface area contributed by atoms with Gasteiger partial charge in [0.25, 0.3) is 0 Å². The molecule has 0 aliphatic heterocycles. The molecule has 3 N–H and O–H groups in total. The van der Waals surface area contributed by atoms with Crippen molar-refractivity contribution in [2.75, 3.05) is 10.6 Å². The first-order valence-electron chi connectivity index (χ1n) is 9.73. The van der Waals surface area contributed by atoms with Crippen molar-refractivity contribution >= 4 is 33.2 Å². The van der Waals surface area contributed by atoms with E-state index in [-0.39, 0.29) is 17.2 Å². The van der Waals surface area contributed by atoms with Crippen molar-refractivity contribution in [3.05, 3.63) is 90.2 Å². The summed E-state index contributed by atoms with van der Waals surface area (Å²) < 4.78 is 41.2. The van der Waals surface area contributed by atoms with Gasteiger partial charge in [0.2, 0.25) is 21.8 Å². The molecule has 0 bridgehead atoms. The summed E-state index contributed by atoms with van der Waals surface area (Å²) >= 11 is 0. The van der Waals surface area contributed by atoms with Crippen LogP contribution in [-0.4, -0.2) is 26.3 Å². The summed E-state index contributed by atoms with van der Waals surface area (Å²) in [4.78, 5) is 24.1. The van der Waals surface area contributed by atoms with E-state index in [1.165, 1.54) is 6.92 Å². The number of sulfonamides is 1. The first-order chi connectivity index (χ1) is 15.2. The number of hydrogen-bond donors (Lipinski definition) is 3. The summed E-state index contributed by atoms with van der Waals surface area (Å²) in [6.07, 6.45) is 0.0957. The number of rotatable bonds is 8. The Morgan fingerprint density at radius 3 is 2.12 bits per heavy atom.